The quantitative estimate of drug-likeness (QED) is 0.755. The fraction of sp³-hybridized carbons (Fsp3) is 0.857. The van der Waals surface area contributed by atoms with Gasteiger partial charge < -0.3 is 19.7 Å². The molecule has 20 heavy (non-hydrogen) atoms. The van der Waals surface area contributed by atoms with Gasteiger partial charge in [-0.3, -0.25) is 9.59 Å². The van der Waals surface area contributed by atoms with Crippen molar-refractivity contribution in [2.24, 2.45) is 5.92 Å². The maximum absolute atomic E-state index is 11.9. The topological polar surface area (TPSA) is 67.9 Å². The molecular weight excluding hydrogens is 260 g/mol. The number of hydrogen-bond donors (Lipinski definition) is 1. The first-order chi connectivity index (χ1) is 9.70. The van der Waals surface area contributed by atoms with Crippen LogP contribution in [-0.2, 0) is 19.1 Å². The van der Waals surface area contributed by atoms with E-state index < -0.39 is 0 Å². The van der Waals surface area contributed by atoms with Crippen LogP contribution in [0.25, 0.3) is 0 Å². The van der Waals surface area contributed by atoms with Gasteiger partial charge in [0.2, 0.25) is 11.8 Å². The summed E-state index contributed by atoms with van der Waals surface area (Å²) in [5.74, 6) is 0.289. The van der Waals surface area contributed by atoms with Gasteiger partial charge in [0.1, 0.15) is 6.61 Å². The third-order valence-electron chi connectivity index (χ3n) is 4.01. The highest BCUT2D eigenvalue weighted by Crippen LogP contribution is 2.24. The number of hydrogen-bond acceptors (Lipinski definition) is 4. The van der Waals surface area contributed by atoms with Crippen LogP contribution in [0, 0.1) is 5.92 Å². The van der Waals surface area contributed by atoms with Crippen molar-refractivity contribution < 1.29 is 19.1 Å². The van der Waals surface area contributed by atoms with E-state index in [9.17, 15) is 9.59 Å². The third-order valence-corrected chi connectivity index (χ3v) is 4.01. The molecule has 2 rings (SSSR count). The van der Waals surface area contributed by atoms with Crippen LogP contribution in [0.15, 0.2) is 0 Å². The van der Waals surface area contributed by atoms with Gasteiger partial charge in [-0.05, 0) is 12.8 Å². The zero-order chi connectivity index (χ0) is 14.4. The number of amides is 2. The Morgan fingerprint density at radius 3 is 2.90 bits per heavy atom. The lowest BCUT2D eigenvalue weighted by molar-refractivity contribution is -0.149. The van der Waals surface area contributed by atoms with Crippen molar-refractivity contribution in [1.29, 1.82) is 0 Å². The van der Waals surface area contributed by atoms with Crippen molar-refractivity contribution in [2.75, 3.05) is 40.0 Å². The minimum atomic E-state index is -0.116. The van der Waals surface area contributed by atoms with Crippen molar-refractivity contribution in [3.63, 3.8) is 0 Å². The summed E-state index contributed by atoms with van der Waals surface area (Å²) in [4.78, 5) is 25.3. The van der Waals surface area contributed by atoms with Crippen LogP contribution in [0.1, 0.15) is 25.7 Å². The Balaban J connectivity index is 1.72. The Hall–Kier alpha value is -1.14. The zero-order valence-corrected chi connectivity index (χ0v) is 12.1. The zero-order valence-electron chi connectivity index (χ0n) is 12.1. The summed E-state index contributed by atoms with van der Waals surface area (Å²) >= 11 is 0. The van der Waals surface area contributed by atoms with Crippen molar-refractivity contribution in [2.45, 2.75) is 31.8 Å². The normalized spacial score (nSPS) is 24.1. The van der Waals surface area contributed by atoms with E-state index in [4.69, 9.17) is 9.47 Å². The van der Waals surface area contributed by atoms with E-state index in [1.807, 2.05) is 0 Å². The maximum atomic E-state index is 11.9. The second-order valence-corrected chi connectivity index (χ2v) is 5.49. The lowest BCUT2D eigenvalue weighted by Gasteiger charge is -2.32. The molecule has 2 fully saturated rings. The van der Waals surface area contributed by atoms with Crippen molar-refractivity contribution in [3.8, 4) is 0 Å². The Labute approximate surface area is 119 Å². The van der Waals surface area contributed by atoms with E-state index in [-0.39, 0.29) is 30.4 Å². The summed E-state index contributed by atoms with van der Waals surface area (Å²) < 4.78 is 10.5. The van der Waals surface area contributed by atoms with E-state index in [0.29, 0.717) is 26.2 Å². The van der Waals surface area contributed by atoms with E-state index in [2.05, 4.69) is 5.32 Å². The summed E-state index contributed by atoms with van der Waals surface area (Å²) in [7, 11) is 1.62. The van der Waals surface area contributed by atoms with Crippen LogP contribution in [0.4, 0.5) is 0 Å². The number of carbonyl (C=O) groups excluding carboxylic acids is 2. The Morgan fingerprint density at radius 2 is 2.20 bits per heavy atom. The molecule has 1 aliphatic heterocycles. The highest BCUT2D eigenvalue weighted by atomic mass is 16.5. The van der Waals surface area contributed by atoms with Gasteiger partial charge in [0.05, 0.1) is 12.7 Å². The second kappa shape index (κ2) is 7.59. The smallest absolute Gasteiger partial charge is 0.248 e. The highest BCUT2D eigenvalue weighted by Gasteiger charge is 2.28. The number of nitrogens with one attached hydrogen (secondary N) is 1. The monoisotopic (exact) mass is 284 g/mol. The van der Waals surface area contributed by atoms with E-state index in [0.717, 1.165) is 25.7 Å². The molecule has 0 aromatic carbocycles. The van der Waals surface area contributed by atoms with Crippen LogP contribution in [0.2, 0.25) is 0 Å². The number of carbonyl (C=O) groups is 2. The minimum Gasteiger partial charge on any atom is -0.383 e. The average molecular weight is 284 g/mol. The fourth-order valence-corrected chi connectivity index (χ4v) is 2.77. The lowest BCUT2D eigenvalue weighted by atomic mass is 10.1. The van der Waals surface area contributed by atoms with E-state index >= 15 is 0 Å². The van der Waals surface area contributed by atoms with Crippen molar-refractivity contribution in [3.05, 3.63) is 0 Å². The standard InChI is InChI=1S/C14H24N2O4/c1-19-7-6-16-9-12(20-10-13(16)17)8-15-14(18)11-4-2-3-5-11/h11-12H,2-10H2,1H3,(H,15,18). The number of rotatable bonds is 6. The first kappa shape index (κ1) is 15.3. The molecule has 114 valence electrons. The molecule has 0 aromatic rings. The fourth-order valence-electron chi connectivity index (χ4n) is 2.77. The van der Waals surface area contributed by atoms with Gasteiger partial charge in [-0.2, -0.15) is 0 Å². The molecule has 0 radical (unpaired) electrons. The van der Waals surface area contributed by atoms with Crippen LogP contribution in [-0.4, -0.2) is 62.8 Å². The summed E-state index contributed by atoms with van der Waals surface area (Å²) in [6, 6.07) is 0. The summed E-state index contributed by atoms with van der Waals surface area (Å²) in [6.07, 6.45) is 4.18. The molecule has 0 aromatic heterocycles. The van der Waals surface area contributed by atoms with Crippen LogP contribution in [0.5, 0.6) is 0 Å². The molecule has 0 bridgehead atoms. The van der Waals surface area contributed by atoms with Gasteiger partial charge in [-0.1, -0.05) is 12.8 Å². The van der Waals surface area contributed by atoms with Gasteiger partial charge in [0.25, 0.3) is 0 Å². The molecule has 6 nitrogen and oxygen atoms in total. The highest BCUT2D eigenvalue weighted by molar-refractivity contribution is 5.79. The minimum absolute atomic E-state index is 0.0135. The number of methoxy groups -OCH3 is 1. The Bertz CT molecular complexity index is 342. The molecule has 1 unspecified atom stereocenters. The van der Waals surface area contributed by atoms with Gasteiger partial charge >= 0.3 is 0 Å². The van der Waals surface area contributed by atoms with Crippen LogP contribution >= 0.6 is 0 Å². The van der Waals surface area contributed by atoms with E-state index in [1.165, 1.54) is 0 Å². The van der Waals surface area contributed by atoms with Crippen LogP contribution < -0.4 is 5.32 Å². The molecule has 1 saturated heterocycles. The third kappa shape index (κ3) is 4.18. The van der Waals surface area contributed by atoms with Gasteiger partial charge in [-0.15, -0.1) is 0 Å². The molecule has 2 amide bonds. The lowest BCUT2D eigenvalue weighted by Crippen LogP contribution is -2.51. The molecule has 1 saturated carbocycles. The van der Waals surface area contributed by atoms with Crippen LogP contribution in [0.3, 0.4) is 0 Å². The molecule has 0 spiro atoms. The molecule has 6 heteroatoms. The largest absolute Gasteiger partial charge is 0.383 e. The first-order valence-corrected chi connectivity index (χ1v) is 7.36. The summed E-state index contributed by atoms with van der Waals surface area (Å²) in [6.45, 7) is 2.19. The molecule has 1 aliphatic carbocycles. The van der Waals surface area contributed by atoms with E-state index in [1.54, 1.807) is 12.0 Å². The van der Waals surface area contributed by atoms with Crippen molar-refractivity contribution in [1.82, 2.24) is 10.2 Å². The predicted octanol–water partition coefficient (Wildman–Crippen LogP) is 0.167. The SMILES string of the molecule is COCCN1CC(CNC(=O)C2CCCC2)OCC1=O. The van der Waals surface area contributed by atoms with Gasteiger partial charge in [0.15, 0.2) is 0 Å². The number of ether oxygens (including phenoxy) is 2. The number of morpholine rings is 1. The molecule has 1 atom stereocenters. The van der Waals surface area contributed by atoms with Crippen molar-refractivity contribution >= 4 is 11.8 Å². The second-order valence-electron chi connectivity index (χ2n) is 5.49. The summed E-state index contributed by atoms with van der Waals surface area (Å²) in [5.41, 5.74) is 0. The summed E-state index contributed by atoms with van der Waals surface area (Å²) in [5, 5.41) is 2.95. The molecule has 1 heterocycles. The Kier molecular flexibility index (Phi) is 5.79. The maximum Gasteiger partial charge on any atom is 0.248 e. The predicted molar refractivity (Wildman–Crippen MR) is 73.2 cm³/mol. The molecule has 1 N–H and O–H groups in total. The molecule has 2 aliphatic rings. The van der Waals surface area contributed by atoms with Gasteiger partial charge in [-0.25, -0.2) is 0 Å². The number of nitrogens with zero attached hydrogens (tertiary/aromatic N) is 1. The first-order valence-electron chi connectivity index (χ1n) is 7.36. The molecular formula is C14H24N2O4. The Morgan fingerprint density at radius 1 is 1.45 bits per heavy atom. The van der Waals surface area contributed by atoms with Gasteiger partial charge in [0, 0.05) is 32.7 Å². The average Bonchev–Trinajstić information content (AvgIpc) is 2.99.